The van der Waals surface area contributed by atoms with Gasteiger partial charge in [0.2, 0.25) is 5.95 Å². The molecule has 36 heavy (non-hydrogen) atoms. The fourth-order valence-corrected chi connectivity index (χ4v) is 5.82. The Morgan fingerprint density at radius 3 is 2.97 bits per heavy atom. The maximum Gasteiger partial charge on any atom is 0.229 e. The van der Waals surface area contributed by atoms with Crippen LogP contribution in [0.5, 0.6) is 5.75 Å². The molecule has 0 saturated carbocycles. The molecule has 0 radical (unpaired) electrons. The molecule has 1 unspecified atom stereocenters. The summed E-state index contributed by atoms with van der Waals surface area (Å²) in [6.07, 6.45) is 5.46. The second kappa shape index (κ2) is 8.34. The molecule has 3 aliphatic heterocycles. The number of aliphatic hydroxyl groups is 1. The van der Waals surface area contributed by atoms with Crippen molar-refractivity contribution in [3.8, 4) is 11.4 Å². The summed E-state index contributed by atoms with van der Waals surface area (Å²) < 4.78 is 21.9. The minimum Gasteiger partial charge on any atom is -0.488 e. The lowest BCUT2D eigenvalue weighted by Crippen LogP contribution is -2.55. The van der Waals surface area contributed by atoms with Crippen LogP contribution in [-0.2, 0) is 5.60 Å². The van der Waals surface area contributed by atoms with Crippen molar-refractivity contribution in [2.45, 2.75) is 69.7 Å². The van der Waals surface area contributed by atoms with Crippen molar-refractivity contribution >= 4 is 17.5 Å². The summed E-state index contributed by atoms with van der Waals surface area (Å²) in [5.74, 6) is 0.768. The summed E-state index contributed by atoms with van der Waals surface area (Å²) in [4.78, 5) is 11.2. The summed E-state index contributed by atoms with van der Waals surface area (Å²) in [5, 5.41) is 28.9. The maximum atomic E-state index is 14.7. The maximum absolute atomic E-state index is 14.7. The minimum absolute atomic E-state index is 0.0137. The van der Waals surface area contributed by atoms with Gasteiger partial charge in [-0.2, -0.15) is 9.67 Å². The molecule has 0 aliphatic carbocycles. The molecule has 6 rings (SSSR count). The molecule has 2 fully saturated rings. The molecule has 2 aromatic heterocycles. The van der Waals surface area contributed by atoms with Crippen LogP contribution in [0.2, 0.25) is 0 Å². The van der Waals surface area contributed by atoms with Gasteiger partial charge in [0.15, 0.2) is 23.1 Å². The molecule has 3 atom stereocenters. The first-order valence-corrected chi connectivity index (χ1v) is 12.3. The molecule has 0 spiro atoms. The molecule has 1 aromatic carbocycles. The normalized spacial score (nSPS) is 26.8. The van der Waals surface area contributed by atoms with Gasteiger partial charge in [0, 0.05) is 23.3 Å². The number of anilines is 3. The highest BCUT2D eigenvalue weighted by Crippen LogP contribution is 2.39. The van der Waals surface area contributed by atoms with Crippen molar-refractivity contribution < 1.29 is 14.2 Å². The SMILES string of the molecule is CC1(O)COc2ccc(Nc3ncc(F)c(N[C@@H]4C[C@@H]5CCCN5C(C)(C)C4)n3)cc2-n2nnnc21. The fraction of sp³-hybridized carbons (Fsp3) is 0.542. The number of nitrogens with zero attached hydrogens (tertiary/aromatic N) is 7. The number of tetrazole rings is 1. The average Bonchev–Trinajstić information content (AvgIpc) is 3.49. The third kappa shape index (κ3) is 4.03. The van der Waals surface area contributed by atoms with E-state index in [9.17, 15) is 9.50 Å². The first-order valence-electron chi connectivity index (χ1n) is 12.3. The molecule has 2 saturated heterocycles. The molecule has 3 aliphatic rings. The number of ether oxygens (including phenoxy) is 1. The van der Waals surface area contributed by atoms with Crippen molar-refractivity contribution in [1.29, 1.82) is 0 Å². The van der Waals surface area contributed by atoms with Gasteiger partial charge in [-0.05, 0) is 81.6 Å². The Bertz CT molecular complexity index is 1290. The third-order valence-corrected chi connectivity index (χ3v) is 7.45. The van der Waals surface area contributed by atoms with E-state index in [0.717, 1.165) is 19.4 Å². The summed E-state index contributed by atoms with van der Waals surface area (Å²) >= 11 is 0. The van der Waals surface area contributed by atoms with Gasteiger partial charge in [-0.3, -0.25) is 4.90 Å². The van der Waals surface area contributed by atoms with Gasteiger partial charge in [-0.1, -0.05) is 0 Å². The topological polar surface area (TPSA) is 126 Å². The van der Waals surface area contributed by atoms with Crippen LogP contribution in [-0.4, -0.2) is 71.0 Å². The number of nitrogens with one attached hydrogen (secondary N) is 2. The highest BCUT2D eigenvalue weighted by Gasteiger charge is 2.43. The summed E-state index contributed by atoms with van der Waals surface area (Å²) in [6, 6.07) is 5.97. The van der Waals surface area contributed by atoms with Gasteiger partial charge in [0.1, 0.15) is 18.0 Å². The van der Waals surface area contributed by atoms with E-state index in [2.05, 4.69) is 54.9 Å². The zero-order valence-electron chi connectivity index (χ0n) is 20.6. The zero-order valence-corrected chi connectivity index (χ0v) is 20.6. The van der Waals surface area contributed by atoms with E-state index in [0.29, 0.717) is 23.2 Å². The van der Waals surface area contributed by atoms with Crippen molar-refractivity contribution in [1.82, 2.24) is 35.1 Å². The number of hydrogen-bond acceptors (Lipinski definition) is 10. The summed E-state index contributed by atoms with van der Waals surface area (Å²) in [5.41, 5.74) is -0.0901. The van der Waals surface area contributed by atoms with Crippen LogP contribution in [0.1, 0.15) is 52.3 Å². The van der Waals surface area contributed by atoms with E-state index in [1.54, 1.807) is 25.1 Å². The molecular weight excluding hydrogens is 465 g/mol. The van der Waals surface area contributed by atoms with Crippen LogP contribution in [0.4, 0.5) is 21.8 Å². The molecule has 190 valence electrons. The molecule has 0 amide bonds. The Labute approximate surface area is 208 Å². The van der Waals surface area contributed by atoms with E-state index in [4.69, 9.17) is 4.74 Å². The van der Waals surface area contributed by atoms with Gasteiger partial charge >= 0.3 is 0 Å². The van der Waals surface area contributed by atoms with Gasteiger partial charge < -0.3 is 20.5 Å². The van der Waals surface area contributed by atoms with Crippen LogP contribution in [0.3, 0.4) is 0 Å². The standard InChI is InChI=1S/C24H30FN9O2/c1-23(2)11-15(9-16-5-4-8-33(16)23)27-20-17(25)12-26-22(29-20)28-14-6-7-19-18(10-14)34-21(30-31-32-34)24(3,35)13-36-19/h6-7,10,12,15-16,35H,4-5,8-9,11,13H2,1-3H3,(H2,26,27,28,29)/t15-,16+,24?/m1/s1. The van der Waals surface area contributed by atoms with Gasteiger partial charge in [0.05, 0.1) is 6.20 Å². The van der Waals surface area contributed by atoms with E-state index >= 15 is 0 Å². The van der Waals surface area contributed by atoms with Crippen LogP contribution in [0.15, 0.2) is 24.4 Å². The predicted octanol–water partition coefficient (Wildman–Crippen LogP) is 2.75. The first-order chi connectivity index (χ1) is 17.2. The van der Waals surface area contributed by atoms with Crippen molar-refractivity contribution in [2.24, 2.45) is 0 Å². The van der Waals surface area contributed by atoms with Crippen LogP contribution < -0.4 is 15.4 Å². The van der Waals surface area contributed by atoms with E-state index in [1.807, 2.05) is 0 Å². The van der Waals surface area contributed by atoms with E-state index < -0.39 is 11.4 Å². The van der Waals surface area contributed by atoms with Crippen LogP contribution in [0, 0.1) is 5.82 Å². The lowest BCUT2D eigenvalue weighted by atomic mass is 9.84. The number of halogens is 1. The lowest BCUT2D eigenvalue weighted by Gasteiger charge is -2.47. The lowest BCUT2D eigenvalue weighted by molar-refractivity contribution is 0.00211. The quantitative estimate of drug-likeness (QED) is 0.497. The Hall–Kier alpha value is -3.38. The number of piperidine rings is 1. The molecular formula is C24H30FN9O2. The van der Waals surface area contributed by atoms with Crippen molar-refractivity contribution in [3.63, 3.8) is 0 Å². The van der Waals surface area contributed by atoms with Crippen molar-refractivity contribution in [3.05, 3.63) is 36.0 Å². The molecule has 12 heteroatoms. The number of fused-ring (bicyclic) bond motifs is 4. The summed E-state index contributed by atoms with van der Waals surface area (Å²) in [7, 11) is 0. The van der Waals surface area contributed by atoms with E-state index in [1.165, 1.54) is 23.7 Å². The highest BCUT2D eigenvalue weighted by atomic mass is 19.1. The highest BCUT2D eigenvalue weighted by molar-refractivity contribution is 5.63. The third-order valence-electron chi connectivity index (χ3n) is 7.45. The number of aromatic nitrogens is 6. The molecule has 5 heterocycles. The monoisotopic (exact) mass is 495 g/mol. The number of hydrogen-bond donors (Lipinski definition) is 3. The summed E-state index contributed by atoms with van der Waals surface area (Å²) in [6.45, 7) is 7.27. The molecule has 0 bridgehead atoms. The largest absolute Gasteiger partial charge is 0.488 e. The zero-order chi connectivity index (χ0) is 25.1. The molecule has 11 nitrogen and oxygen atoms in total. The smallest absolute Gasteiger partial charge is 0.229 e. The predicted molar refractivity (Wildman–Crippen MR) is 130 cm³/mol. The Balaban J connectivity index is 1.24. The Morgan fingerprint density at radius 2 is 2.11 bits per heavy atom. The van der Waals surface area contributed by atoms with Crippen LogP contribution in [0.25, 0.3) is 5.69 Å². The van der Waals surface area contributed by atoms with Crippen LogP contribution >= 0.6 is 0 Å². The second-order valence-electron chi connectivity index (χ2n) is 10.8. The van der Waals surface area contributed by atoms with Gasteiger partial charge in [-0.25, -0.2) is 9.37 Å². The average molecular weight is 496 g/mol. The Morgan fingerprint density at radius 1 is 1.25 bits per heavy atom. The fourth-order valence-electron chi connectivity index (χ4n) is 5.82. The molecule has 3 N–H and O–H groups in total. The second-order valence-corrected chi connectivity index (χ2v) is 10.8. The number of rotatable bonds is 4. The van der Waals surface area contributed by atoms with Crippen molar-refractivity contribution in [2.75, 3.05) is 23.8 Å². The van der Waals surface area contributed by atoms with E-state index in [-0.39, 0.29) is 35.8 Å². The first kappa shape index (κ1) is 23.0. The molecule has 3 aromatic rings. The van der Waals surface area contributed by atoms with Gasteiger partial charge in [-0.15, -0.1) is 5.10 Å². The number of benzene rings is 1. The van der Waals surface area contributed by atoms with Gasteiger partial charge in [0.25, 0.3) is 0 Å². The minimum atomic E-state index is -1.35. The Kier molecular flexibility index (Phi) is 5.34.